The van der Waals surface area contributed by atoms with Crippen molar-refractivity contribution in [3.05, 3.63) is 0 Å². The van der Waals surface area contributed by atoms with E-state index >= 15 is 0 Å². The normalized spacial score (nSPS) is 12.8. The van der Waals surface area contributed by atoms with E-state index < -0.39 is 5.97 Å². The molecule has 0 aromatic heterocycles. The summed E-state index contributed by atoms with van der Waals surface area (Å²) in [5.74, 6) is -0.845. The Morgan fingerprint density at radius 1 is 0.583 bits per heavy atom. The first-order valence-electron chi connectivity index (χ1n) is 9.79. The standard InChI is InChI=1S/C20H43NO3/c1-19(2,3)21-18-16-14-12-10-8-7-9-11-13-15-17-20(22-4,23-5)24-6/h21H,7-18H2,1-6H3. The third-order valence-electron chi connectivity index (χ3n) is 4.50. The highest BCUT2D eigenvalue weighted by molar-refractivity contribution is 4.69. The summed E-state index contributed by atoms with van der Waals surface area (Å²) in [6.45, 7) is 7.84. The summed E-state index contributed by atoms with van der Waals surface area (Å²) in [6, 6.07) is 0. The first kappa shape index (κ1) is 23.8. The number of ether oxygens (including phenoxy) is 3. The minimum atomic E-state index is -0.845. The molecular weight excluding hydrogens is 302 g/mol. The molecule has 0 aliphatic carbocycles. The van der Waals surface area contributed by atoms with E-state index in [9.17, 15) is 0 Å². The molecule has 0 aliphatic heterocycles. The molecule has 0 heterocycles. The fourth-order valence-electron chi connectivity index (χ4n) is 2.90. The van der Waals surface area contributed by atoms with Gasteiger partial charge in [0.2, 0.25) is 0 Å². The van der Waals surface area contributed by atoms with Gasteiger partial charge in [0, 0.05) is 33.3 Å². The molecule has 0 rings (SSSR count). The maximum absolute atomic E-state index is 5.31. The maximum Gasteiger partial charge on any atom is 0.282 e. The topological polar surface area (TPSA) is 39.7 Å². The number of methoxy groups -OCH3 is 3. The fraction of sp³-hybridized carbons (Fsp3) is 1.00. The first-order valence-corrected chi connectivity index (χ1v) is 9.79. The molecule has 0 radical (unpaired) electrons. The zero-order valence-corrected chi connectivity index (χ0v) is 17.2. The zero-order chi connectivity index (χ0) is 18.3. The predicted molar refractivity (Wildman–Crippen MR) is 102 cm³/mol. The molecule has 0 saturated carbocycles. The van der Waals surface area contributed by atoms with Crippen LogP contribution >= 0.6 is 0 Å². The van der Waals surface area contributed by atoms with Gasteiger partial charge < -0.3 is 19.5 Å². The van der Waals surface area contributed by atoms with Crippen molar-refractivity contribution in [3.63, 3.8) is 0 Å². The van der Waals surface area contributed by atoms with Gasteiger partial charge in [0.05, 0.1) is 0 Å². The lowest BCUT2D eigenvalue weighted by molar-refractivity contribution is -0.355. The van der Waals surface area contributed by atoms with E-state index in [0.29, 0.717) is 0 Å². The van der Waals surface area contributed by atoms with Crippen molar-refractivity contribution in [2.24, 2.45) is 0 Å². The van der Waals surface area contributed by atoms with Crippen LogP contribution in [0.1, 0.15) is 91.4 Å². The molecular formula is C20H43NO3. The Balaban J connectivity index is 3.31. The van der Waals surface area contributed by atoms with Gasteiger partial charge in [0.25, 0.3) is 5.97 Å². The van der Waals surface area contributed by atoms with Crippen LogP contribution in [0.15, 0.2) is 0 Å². The van der Waals surface area contributed by atoms with Crippen molar-refractivity contribution < 1.29 is 14.2 Å². The average molecular weight is 346 g/mol. The third kappa shape index (κ3) is 13.2. The van der Waals surface area contributed by atoms with E-state index in [2.05, 4.69) is 26.1 Å². The van der Waals surface area contributed by atoms with Crippen LogP contribution in [0.3, 0.4) is 0 Å². The number of hydrogen-bond donors (Lipinski definition) is 1. The highest BCUT2D eigenvalue weighted by Crippen LogP contribution is 2.21. The van der Waals surface area contributed by atoms with Crippen molar-refractivity contribution in [2.75, 3.05) is 27.9 Å². The molecule has 0 unspecified atom stereocenters. The van der Waals surface area contributed by atoms with Gasteiger partial charge in [0.1, 0.15) is 0 Å². The van der Waals surface area contributed by atoms with Crippen LogP contribution < -0.4 is 5.32 Å². The summed E-state index contributed by atoms with van der Waals surface area (Å²) >= 11 is 0. The average Bonchev–Trinajstić information content (AvgIpc) is 2.55. The van der Waals surface area contributed by atoms with Crippen LogP contribution in [0.5, 0.6) is 0 Å². The number of unbranched alkanes of at least 4 members (excludes halogenated alkanes) is 9. The first-order chi connectivity index (χ1) is 11.4. The minimum absolute atomic E-state index is 0.259. The van der Waals surface area contributed by atoms with Crippen LogP contribution in [0, 0.1) is 0 Å². The lowest BCUT2D eigenvalue weighted by Gasteiger charge is -2.28. The Morgan fingerprint density at radius 3 is 1.33 bits per heavy atom. The van der Waals surface area contributed by atoms with E-state index in [4.69, 9.17) is 14.2 Å². The minimum Gasteiger partial charge on any atom is -0.331 e. The van der Waals surface area contributed by atoms with Gasteiger partial charge in [-0.1, -0.05) is 51.4 Å². The van der Waals surface area contributed by atoms with E-state index in [1.165, 1.54) is 57.8 Å². The van der Waals surface area contributed by atoms with Crippen LogP contribution in [0.25, 0.3) is 0 Å². The largest absolute Gasteiger partial charge is 0.331 e. The molecule has 24 heavy (non-hydrogen) atoms. The highest BCUT2D eigenvalue weighted by atomic mass is 16.9. The zero-order valence-electron chi connectivity index (χ0n) is 17.2. The third-order valence-corrected chi connectivity index (χ3v) is 4.50. The van der Waals surface area contributed by atoms with E-state index in [1.807, 2.05) is 0 Å². The second kappa shape index (κ2) is 14.1. The molecule has 146 valence electrons. The molecule has 0 atom stereocenters. The van der Waals surface area contributed by atoms with Gasteiger partial charge >= 0.3 is 0 Å². The molecule has 4 nitrogen and oxygen atoms in total. The van der Waals surface area contributed by atoms with Gasteiger partial charge in [-0.05, 0) is 40.2 Å². The number of hydrogen-bond acceptors (Lipinski definition) is 4. The maximum atomic E-state index is 5.31. The van der Waals surface area contributed by atoms with E-state index in [0.717, 1.165) is 19.4 Å². The van der Waals surface area contributed by atoms with Crippen LogP contribution in [0.4, 0.5) is 0 Å². The van der Waals surface area contributed by atoms with Crippen molar-refractivity contribution >= 4 is 0 Å². The molecule has 0 amide bonds. The van der Waals surface area contributed by atoms with Gasteiger partial charge in [-0.3, -0.25) is 0 Å². The number of rotatable bonds is 16. The Bertz CT molecular complexity index is 264. The molecule has 0 fully saturated rings. The number of nitrogens with one attached hydrogen (secondary N) is 1. The van der Waals surface area contributed by atoms with Gasteiger partial charge in [-0.25, -0.2) is 0 Å². The smallest absolute Gasteiger partial charge is 0.282 e. The Labute approximate surface area is 151 Å². The molecule has 0 saturated heterocycles. The molecule has 4 heteroatoms. The van der Waals surface area contributed by atoms with Gasteiger partial charge in [0.15, 0.2) is 0 Å². The lowest BCUT2D eigenvalue weighted by atomic mass is 10.0. The Hall–Kier alpha value is -0.160. The van der Waals surface area contributed by atoms with E-state index in [1.54, 1.807) is 21.3 Å². The molecule has 0 aromatic rings. The second-order valence-corrected chi connectivity index (χ2v) is 7.76. The Morgan fingerprint density at radius 2 is 0.958 bits per heavy atom. The van der Waals surface area contributed by atoms with Crippen molar-refractivity contribution in [1.29, 1.82) is 0 Å². The summed E-state index contributed by atoms with van der Waals surface area (Å²) in [4.78, 5) is 0. The summed E-state index contributed by atoms with van der Waals surface area (Å²) in [5, 5.41) is 3.55. The van der Waals surface area contributed by atoms with Crippen LogP contribution in [0.2, 0.25) is 0 Å². The highest BCUT2D eigenvalue weighted by Gasteiger charge is 2.28. The van der Waals surface area contributed by atoms with Gasteiger partial charge in [-0.2, -0.15) is 0 Å². The molecule has 0 aliphatic rings. The molecule has 0 spiro atoms. The summed E-state index contributed by atoms with van der Waals surface area (Å²) in [6.07, 6.45) is 13.9. The molecule has 0 aromatic carbocycles. The van der Waals surface area contributed by atoms with E-state index in [-0.39, 0.29) is 5.54 Å². The van der Waals surface area contributed by atoms with Crippen molar-refractivity contribution in [2.45, 2.75) is 103 Å². The van der Waals surface area contributed by atoms with Crippen LogP contribution in [-0.2, 0) is 14.2 Å². The van der Waals surface area contributed by atoms with Crippen molar-refractivity contribution in [1.82, 2.24) is 5.32 Å². The Kier molecular flexibility index (Phi) is 14.0. The monoisotopic (exact) mass is 345 g/mol. The SMILES string of the molecule is COC(CCCCCCCCCCCCNC(C)(C)C)(OC)OC. The molecule has 0 bridgehead atoms. The summed E-state index contributed by atoms with van der Waals surface area (Å²) in [7, 11) is 4.89. The lowest BCUT2D eigenvalue weighted by Crippen LogP contribution is -2.36. The van der Waals surface area contributed by atoms with Crippen LogP contribution in [-0.4, -0.2) is 39.4 Å². The summed E-state index contributed by atoms with van der Waals surface area (Å²) in [5.41, 5.74) is 0.259. The molecule has 1 N–H and O–H groups in total. The quantitative estimate of drug-likeness (QED) is 0.306. The fourth-order valence-corrected chi connectivity index (χ4v) is 2.90. The summed E-state index contributed by atoms with van der Waals surface area (Å²) < 4.78 is 15.9. The van der Waals surface area contributed by atoms with Crippen molar-refractivity contribution in [3.8, 4) is 0 Å². The van der Waals surface area contributed by atoms with Gasteiger partial charge in [-0.15, -0.1) is 0 Å². The second-order valence-electron chi connectivity index (χ2n) is 7.76. The predicted octanol–water partition coefficient (Wildman–Crippen LogP) is 5.26.